The molecule has 0 saturated carbocycles. The van der Waals surface area contributed by atoms with Crippen LogP contribution < -0.4 is 0 Å². The van der Waals surface area contributed by atoms with Gasteiger partial charge in [0.2, 0.25) is 0 Å². The fourth-order valence-electron chi connectivity index (χ4n) is 1.52. The molecule has 1 fully saturated rings. The lowest BCUT2D eigenvalue weighted by molar-refractivity contribution is -0.122. The largest absolute Gasteiger partial charge is 0.300 e. The molecule has 1 aliphatic rings. The van der Waals surface area contributed by atoms with Crippen LogP contribution in [0.3, 0.4) is 0 Å². The average molecular weight is 141 g/mol. The first-order valence-corrected chi connectivity index (χ1v) is 3.99. The van der Waals surface area contributed by atoms with Crippen LogP contribution in [0.15, 0.2) is 0 Å². The van der Waals surface area contributed by atoms with Crippen LogP contribution in [-0.4, -0.2) is 29.8 Å². The first-order chi connectivity index (χ1) is 4.74. The standard InChI is InChI=1S/C8H15NO/c1-3-9-5-4-8(10)6-7(9)2/h7H,3-6H2,1-2H3. The van der Waals surface area contributed by atoms with Crippen LogP contribution in [0.25, 0.3) is 0 Å². The van der Waals surface area contributed by atoms with Gasteiger partial charge >= 0.3 is 0 Å². The molecular weight excluding hydrogens is 126 g/mol. The Morgan fingerprint density at radius 1 is 1.70 bits per heavy atom. The smallest absolute Gasteiger partial charge is 0.135 e. The summed E-state index contributed by atoms with van der Waals surface area (Å²) < 4.78 is 0. The maximum Gasteiger partial charge on any atom is 0.135 e. The fraction of sp³-hybridized carbons (Fsp3) is 0.875. The minimum absolute atomic E-state index is 0.428. The fourth-order valence-corrected chi connectivity index (χ4v) is 1.52. The summed E-state index contributed by atoms with van der Waals surface area (Å²) in [6.07, 6.45) is 1.52. The van der Waals surface area contributed by atoms with Gasteiger partial charge in [-0.1, -0.05) is 6.92 Å². The summed E-state index contributed by atoms with van der Waals surface area (Å²) in [7, 11) is 0. The van der Waals surface area contributed by atoms with Crippen molar-refractivity contribution in [3.8, 4) is 0 Å². The Morgan fingerprint density at radius 2 is 2.40 bits per heavy atom. The van der Waals surface area contributed by atoms with E-state index in [-0.39, 0.29) is 0 Å². The van der Waals surface area contributed by atoms with Crippen molar-refractivity contribution in [1.82, 2.24) is 4.90 Å². The molecular formula is C8H15NO. The third-order valence-electron chi connectivity index (χ3n) is 2.23. The lowest BCUT2D eigenvalue weighted by Crippen LogP contribution is -2.40. The molecule has 1 heterocycles. The van der Waals surface area contributed by atoms with Gasteiger partial charge in [0.05, 0.1) is 0 Å². The van der Waals surface area contributed by atoms with Crippen molar-refractivity contribution in [2.75, 3.05) is 13.1 Å². The second kappa shape index (κ2) is 3.15. The molecule has 1 atom stereocenters. The summed E-state index contributed by atoms with van der Waals surface area (Å²) in [5.41, 5.74) is 0. The minimum Gasteiger partial charge on any atom is -0.300 e. The number of likely N-dealkylation sites (tertiary alicyclic amines) is 1. The van der Waals surface area contributed by atoms with E-state index in [1.807, 2.05) is 0 Å². The van der Waals surface area contributed by atoms with Gasteiger partial charge in [-0.25, -0.2) is 0 Å². The highest BCUT2D eigenvalue weighted by Gasteiger charge is 2.21. The predicted molar refractivity (Wildman–Crippen MR) is 41.0 cm³/mol. The van der Waals surface area contributed by atoms with Gasteiger partial charge in [-0.15, -0.1) is 0 Å². The van der Waals surface area contributed by atoms with Gasteiger partial charge in [-0.05, 0) is 13.5 Å². The lowest BCUT2D eigenvalue weighted by atomic mass is 10.0. The number of carbonyl (C=O) groups excluding carboxylic acids is 1. The summed E-state index contributed by atoms with van der Waals surface area (Å²) in [4.78, 5) is 13.3. The zero-order valence-corrected chi connectivity index (χ0v) is 6.76. The van der Waals surface area contributed by atoms with Crippen molar-refractivity contribution in [3.63, 3.8) is 0 Å². The number of hydrogen-bond acceptors (Lipinski definition) is 2. The zero-order valence-electron chi connectivity index (χ0n) is 6.76. The van der Waals surface area contributed by atoms with Gasteiger partial charge < -0.3 is 4.90 Å². The topological polar surface area (TPSA) is 20.3 Å². The van der Waals surface area contributed by atoms with Crippen molar-refractivity contribution in [2.24, 2.45) is 0 Å². The average Bonchev–Trinajstić information content (AvgIpc) is 1.88. The summed E-state index contributed by atoms with van der Waals surface area (Å²) in [5, 5.41) is 0. The quantitative estimate of drug-likeness (QED) is 0.544. The Labute approximate surface area is 62.2 Å². The van der Waals surface area contributed by atoms with Gasteiger partial charge in [0.1, 0.15) is 5.78 Å². The van der Waals surface area contributed by atoms with Crippen molar-refractivity contribution in [2.45, 2.75) is 32.7 Å². The van der Waals surface area contributed by atoms with Crippen LogP contribution in [0.4, 0.5) is 0 Å². The van der Waals surface area contributed by atoms with Gasteiger partial charge in [-0.3, -0.25) is 4.79 Å². The molecule has 1 saturated heterocycles. The van der Waals surface area contributed by atoms with Crippen molar-refractivity contribution >= 4 is 5.78 Å². The normalized spacial score (nSPS) is 29.0. The molecule has 1 rings (SSSR count). The summed E-state index contributed by atoms with van der Waals surface area (Å²) in [6, 6.07) is 0.478. The molecule has 2 nitrogen and oxygen atoms in total. The maximum absolute atomic E-state index is 10.9. The van der Waals surface area contributed by atoms with Gasteiger partial charge in [0.15, 0.2) is 0 Å². The predicted octanol–water partition coefficient (Wildman–Crippen LogP) is 1.06. The van der Waals surface area contributed by atoms with E-state index in [2.05, 4.69) is 18.7 Å². The maximum atomic E-state index is 10.9. The Hall–Kier alpha value is -0.370. The van der Waals surface area contributed by atoms with Crippen LogP contribution in [0, 0.1) is 0 Å². The minimum atomic E-state index is 0.428. The highest BCUT2D eigenvalue weighted by Crippen LogP contribution is 2.12. The van der Waals surface area contributed by atoms with Gasteiger partial charge in [0, 0.05) is 25.4 Å². The van der Waals surface area contributed by atoms with E-state index in [4.69, 9.17) is 0 Å². The van der Waals surface area contributed by atoms with Crippen molar-refractivity contribution in [3.05, 3.63) is 0 Å². The number of carbonyl (C=O) groups is 1. The number of ketones is 1. The third kappa shape index (κ3) is 1.57. The van der Waals surface area contributed by atoms with Crippen LogP contribution in [0.5, 0.6) is 0 Å². The molecule has 0 amide bonds. The monoisotopic (exact) mass is 141 g/mol. The number of nitrogens with zero attached hydrogens (tertiary/aromatic N) is 1. The molecule has 10 heavy (non-hydrogen) atoms. The van der Waals surface area contributed by atoms with E-state index in [1.165, 1.54) is 0 Å². The van der Waals surface area contributed by atoms with Gasteiger partial charge in [-0.2, -0.15) is 0 Å². The molecule has 0 aliphatic carbocycles. The first kappa shape index (κ1) is 7.73. The Bertz CT molecular complexity index is 133. The Balaban J connectivity index is 2.43. The van der Waals surface area contributed by atoms with Crippen LogP contribution >= 0.6 is 0 Å². The second-order valence-electron chi connectivity index (χ2n) is 2.97. The van der Waals surface area contributed by atoms with E-state index < -0.39 is 0 Å². The van der Waals surface area contributed by atoms with E-state index in [1.54, 1.807) is 0 Å². The molecule has 2 heteroatoms. The summed E-state index contributed by atoms with van der Waals surface area (Å²) >= 11 is 0. The van der Waals surface area contributed by atoms with Crippen LogP contribution in [0.1, 0.15) is 26.7 Å². The molecule has 0 aromatic carbocycles. The van der Waals surface area contributed by atoms with Crippen LogP contribution in [-0.2, 0) is 4.79 Å². The van der Waals surface area contributed by atoms with Gasteiger partial charge in [0.25, 0.3) is 0 Å². The highest BCUT2D eigenvalue weighted by molar-refractivity contribution is 5.79. The molecule has 0 aromatic heterocycles. The van der Waals surface area contributed by atoms with E-state index in [0.29, 0.717) is 11.8 Å². The molecule has 0 bridgehead atoms. The molecule has 0 radical (unpaired) electrons. The number of Topliss-reactive ketones (excluding diaryl/α,β-unsaturated/α-hetero) is 1. The lowest BCUT2D eigenvalue weighted by Gasteiger charge is -2.31. The van der Waals surface area contributed by atoms with E-state index in [9.17, 15) is 4.79 Å². The van der Waals surface area contributed by atoms with Crippen molar-refractivity contribution in [1.29, 1.82) is 0 Å². The summed E-state index contributed by atoms with van der Waals surface area (Å²) in [5.74, 6) is 0.428. The second-order valence-corrected chi connectivity index (χ2v) is 2.97. The van der Waals surface area contributed by atoms with Crippen LogP contribution in [0.2, 0.25) is 0 Å². The highest BCUT2D eigenvalue weighted by atomic mass is 16.1. The Morgan fingerprint density at radius 3 is 2.90 bits per heavy atom. The summed E-state index contributed by atoms with van der Waals surface area (Å²) in [6.45, 7) is 6.32. The SMILES string of the molecule is CCN1CCC(=O)CC1C. The number of piperidine rings is 1. The van der Waals surface area contributed by atoms with E-state index >= 15 is 0 Å². The molecule has 1 aliphatic heterocycles. The van der Waals surface area contributed by atoms with Crippen molar-refractivity contribution < 1.29 is 4.79 Å². The molecule has 0 N–H and O–H groups in total. The zero-order chi connectivity index (χ0) is 7.56. The van der Waals surface area contributed by atoms with E-state index in [0.717, 1.165) is 25.9 Å². The molecule has 1 unspecified atom stereocenters. The first-order valence-electron chi connectivity index (χ1n) is 3.99. The third-order valence-corrected chi connectivity index (χ3v) is 2.23. The molecule has 0 aromatic rings. The number of hydrogen-bond donors (Lipinski definition) is 0. The number of rotatable bonds is 1. The molecule has 0 spiro atoms. The molecule has 58 valence electrons. The Kier molecular flexibility index (Phi) is 2.44.